The summed E-state index contributed by atoms with van der Waals surface area (Å²) in [6.07, 6.45) is 1.00. The Kier molecular flexibility index (Phi) is 20.8. The SMILES string of the molecule is [CH2-]CC.[Tc]. The molecule has 0 amide bonds. The molecule has 0 unspecified atom stereocenters. The van der Waals surface area contributed by atoms with Crippen LogP contribution in [0, 0.1) is 6.92 Å². The summed E-state index contributed by atoms with van der Waals surface area (Å²) in [6.45, 7) is 5.50. The Hall–Kier alpha value is 0.649. The van der Waals surface area contributed by atoms with E-state index >= 15 is 0 Å². The van der Waals surface area contributed by atoms with E-state index in [1.54, 1.807) is 0 Å². The second kappa shape index (κ2) is 9.42. The summed E-state index contributed by atoms with van der Waals surface area (Å²) in [5.41, 5.74) is 0. The van der Waals surface area contributed by atoms with E-state index in [1.165, 1.54) is 0 Å². The van der Waals surface area contributed by atoms with Crippen LogP contribution in [0.4, 0.5) is 0 Å². The van der Waals surface area contributed by atoms with Crippen LogP contribution in [-0.2, 0) is 20.1 Å². The van der Waals surface area contributed by atoms with Crippen LogP contribution in [0.15, 0.2) is 0 Å². The van der Waals surface area contributed by atoms with Gasteiger partial charge in [0.15, 0.2) is 0 Å². The van der Waals surface area contributed by atoms with Gasteiger partial charge in [0.05, 0.1) is 0 Å². The van der Waals surface area contributed by atoms with E-state index < -0.39 is 0 Å². The average molecular weight is 141 g/mol. The Balaban J connectivity index is 0. The molecule has 0 nitrogen and oxygen atoms in total. The Labute approximate surface area is 40.9 Å². The van der Waals surface area contributed by atoms with Crippen LogP contribution >= 0.6 is 0 Å². The van der Waals surface area contributed by atoms with Crippen LogP contribution in [0.2, 0.25) is 0 Å². The molecule has 0 spiro atoms. The topological polar surface area (TPSA) is 0 Å². The molecule has 0 aromatic rings. The molecule has 27 valence electrons. The van der Waals surface area contributed by atoms with Gasteiger partial charge in [0, 0.05) is 20.1 Å². The summed E-state index contributed by atoms with van der Waals surface area (Å²) >= 11 is 0. The van der Waals surface area contributed by atoms with Crippen molar-refractivity contribution in [1.82, 2.24) is 0 Å². The fourth-order valence-corrected chi connectivity index (χ4v) is 0. The van der Waals surface area contributed by atoms with Crippen LogP contribution in [0.25, 0.3) is 0 Å². The van der Waals surface area contributed by atoms with E-state index in [4.69, 9.17) is 0 Å². The maximum Gasteiger partial charge on any atom is 0 e. The van der Waals surface area contributed by atoms with E-state index in [-0.39, 0.29) is 20.1 Å². The quantitative estimate of drug-likeness (QED) is 0.445. The molecule has 0 aromatic heterocycles. The van der Waals surface area contributed by atoms with Gasteiger partial charge in [-0.1, -0.05) is 6.92 Å². The van der Waals surface area contributed by atoms with Gasteiger partial charge in [0.1, 0.15) is 0 Å². The Bertz CT molecular complexity index is 3.25. The normalized spacial score (nSPS) is 4.50. The smallest absolute Gasteiger partial charge is 0 e. The third kappa shape index (κ3) is 17.1. The van der Waals surface area contributed by atoms with Crippen LogP contribution in [-0.4, -0.2) is 0 Å². The third-order valence-electron chi connectivity index (χ3n) is 0. The molecule has 4 heavy (non-hydrogen) atoms. The monoisotopic (exact) mass is 140 g/mol. The molecule has 0 heterocycles. The Morgan fingerprint density at radius 3 is 1.75 bits per heavy atom. The average Bonchev–Trinajstić information content (AvgIpc) is 0.918. The predicted molar refractivity (Wildman–Crippen MR) is 15.6 cm³/mol. The van der Waals surface area contributed by atoms with Crippen LogP contribution in [0.5, 0.6) is 0 Å². The second-order valence-electron chi connectivity index (χ2n) is 0.500. The Morgan fingerprint density at radius 2 is 1.75 bits per heavy atom. The minimum absolute atomic E-state index is 0. The first-order valence-electron chi connectivity index (χ1n) is 1.21. The number of hydrogen-bond acceptors (Lipinski definition) is 0. The predicted octanol–water partition coefficient (Wildman–Crippen LogP) is 1.23. The van der Waals surface area contributed by atoms with Gasteiger partial charge < -0.3 is 6.92 Å². The number of rotatable bonds is 0. The van der Waals surface area contributed by atoms with Gasteiger partial charge in [-0.05, 0) is 0 Å². The van der Waals surface area contributed by atoms with E-state index in [0.717, 1.165) is 6.42 Å². The van der Waals surface area contributed by atoms with Crippen molar-refractivity contribution in [2.75, 3.05) is 0 Å². The van der Waals surface area contributed by atoms with Gasteiger partial charge in [-0.15, -0.1) is 0 Å². The molecule has 0 fully saturated rings. The van der Waals surface area contributed by atoms with E-state index in [1.807, 2.05) is 6.92 Å². The van der Waals surface area contributed by atoms with Crippen molar-refractivity contribution < 1.29 is 20.1 Å². The summed E-state index contributed by atoms with van der Waals surface area (Å²) < 4.78 is 0. The van der Waals surface area contributed by atoms with Crippen molar-refractivity contribution in [3.63, 3.8) is 0 Å². The molecule has 0 N–H and O–H groups in total. The first kappa shape index (κ1) is 8.82. The van der Waals surface area contributed by atoms with Crippen LogP contribution < -0.4 is 0 Å². The molecule has 0 rings (SSSR count). The summed E-state index contributed by atoms with van der Waals surface area (Å²) in [6, 6.07) is 0. The summed E-state index contributed by atoms with van der Waals surface area (Å²) in [5, 5.41) is 0. The standard InChI is InChI=1S/C3H7.Tc/c1-3-2;/h1,3H2,2H3;/q-1;. The van der Waals surface area contributed by atoms with Crippen molar-refractivity contribution in [3.8, 4) is 0 Å². The molecule has 0 aliphatic rings. The molecule has 0 saturated carbocycles. The fraction of sp³-hybridized carbons (Fsp3) is 0.667. The molecule has 0 aliphatic carbocycles. The maximum absolute atomic E-state index is 3.49. The zero-order valence-corrected chi connectivity index (χ0v) is 4.65. The molecule has 0 atom stereocenters. The van der Waals surface area contributed by atoms with Gasteiger partial charge in [0.2, 0.25) is 0 Å². The number of hydrogen-bond donors (Lipinski definition) is 0. The molecular formula is C3H7Tc-. The Morgan fingerprint density at radius 1 is 1.75 bits per heavy atom. The van der Waals surface area contributed by atoms with Crippen molar-refractivity contribution in [3.05, 3.63) is 6.92 Å². The molecule has 1 radical (unpaired) electrons. The second-order valence-corrected chi connectivity index (χ2v) is 0.500. The van der Waals surface area contributed by atoms with Crippen molar-refractivity contribution in [2.24, 2.45) is 0 Å². The van der Waals surface area contributed by atoms with Crippen molar-refractivity contribution in [1.29, 1.82) is 0 Å². The summed E-state index contributed by atoms with van der Waals surface area (Å²) in [5.74, 6) is 0. The van der Waals surface area contributed by atoms with Gasteiger partial charge in [0.25, 0.3) is 0 Å². The molecule has 0 saturated heterocycles. The van der Waals surface area contributed by atoms with Gasteiger partial charge in [-0.3, -0.25) is 0 Å². The minimum Gasteiger partial charge on any atom is -0.344 e. The molecule has 0 aromatic carbocycles. The molecule has 1 heteroatoms. The minimum atomic E-state index is 0. The third-order valence-corrected chi connectivity index (χ3v) is 0. The summed E-state index contributed by atoms with van der Waals surface area (Å²) in [4.78, 5) is 0. The fourth-order valence-electron chi connectivity index (χ4n) is 0. The molecule has 0 bridgehead atoms. The first-order chi connectivity index (χ1) is 1.41. The largest absolute Gasteiger partial charge is 0.344 e. The van der Waals surface area contributed by atoms with E-state index in [2.05, 4.69) is 6.92 Å². The zero-order valence-electron chi connectivity index (χ0n) is 2.79. The van der Waals surface area contributed by atoms with Crippen molar-refractivity contribution in [2.45, 2.75) is 13.3 Å². The zero-order chi connectivity index (χ0) is 2.71. The first-order valence-corrected chi connectivity index (χ1v) is 1.21. The van der Waals surface area contributed by atoms with E-state index in [0.29, 0.717) is 0 Å². The van der Waals surface area contributed by atoms with Gasteiger partial charge in [-0.2, -0.15) is 6.42 Å². The van der Waals surface area contributed by atoms with Crippen molar-refractivity contribution >= 4 is 0 Å². The van der Waals surface area contributed by atoms with Gasteiger partial charge in [-0.25, -0.2) is 0 Å². The maximum atomic E-state index is 3.49. The molecular weight excluding hydrogens is 134 g/mol. The summed E-state index contributed by atoms with van der Waals surface area (Å²) in [7, 11) is 0. The van der Waals surface area contributed by atoms with Crippen LogP contribution in [0.3, 0.4) is 0 Å². The molecule has 0 aliphatic heterocycles. The van der Waals surface area contributed by atoms with Gasteiger partial charge >= 0.3 is 0 Å². The van der Waals surface area contributed by atoms with Crippen LogP contribution in [0.1, 0.15) is 13.3 Å². The van der Waals surface area contributed by atoms with E-state index in [9.17, 15) is 0 Å².